The monoisotopic (exact) mass is 397 g/mol. The lowest BCUT2D eigenvalue weighted by molar-refractivity contribution is -0.109. The third-order valence-electron chi connectivity index (χ3n) is 5.10. The maximum absolute atomic E-state index is 9.94. The van der Waals surface area contributed by atoms with Crippen LogP contribution < -0.4 is 28.3 Å². The third-order valence-corrected chi connectivity index (χ3v) is 5.10. The number of piperazine rings is 1. The number of nitrogens with one attached hydrogen (secondary N) is 1. The molecule has 0 unspecified atom stereocenters. The van der Waals surface area contributed by atoms with Crippen LogP contribution in [0.2, 0.25) is 0 Å². The Morgan fingerprint density at radius 3 is 1.71 bits per heavy atom. The summed E-state index contributed by atoms with van der Waals surface area (Å²) >= 11 is 0. The smallest absolute Gasteiger partial charge is 0.207 e. The first-order chi connectivity index (χ1) is 13.5. The Bertz CT molecular complexity index is 432. The second-order valence-corrected chi connectivity index (χ2v) is 7.33. The Balaban J connectivity index is 0.000000330. The molecule has 0 aromatic carbocycles. The number of guanidine groups is 2. The second kappa shape index (κ2) is 14.9. The first-order valence-corrected chi connectivity index (χ1v) is 10.2. The van der Waals surface area contributed by atoms with Crippen molar-refractivity contribution in [3.63, 3.8) is 0 Å². The summed E-state index contributed by atoms with van der Waals surface area (Å²) in [6.07, 6.45) is 7.50. The summed E-state index contributed by atoms with van der Waals surface area (Å²) in [5, 5.41) is 2.74. The molecule has 10 heteroatoms. The van der Waals surface area contributed by atoms with Gasteiger partial charge in [0.15, 0.2) is 11.9 Å². The van der Waals surface area contributed by atoms with E-state index in [2.05, 4.69) is 25.1 Å². The summed E-state index contributed by atoms with van der Waals surface area (Å²) in [5.74, 6) is 1.08. The molecular weight excluding hydrogens is 358 g/mol. The zero-order valence-corrected chi connectivity index (χ0v) is 17.1. The van der Waals surface area contributed by atoms with Crippen molar-refractivity contribution < 1.29 is 4.79 Å². The molecule has 0 aromatic rings. The minimum Gasteiger partial charge on any atom is -0.370 e. The summed E-state index contributed by atoms with van der Waals surface area (Å²) in [4.78, 5) is 22.6. The molecule has 2 rings (SSSR count). The summed E-state index contributed by atoms with van der Waals surface area (Å²) < 4.78 is 0. The van der Waals surface area contributed by atoms with E-state index in [1.165, 1.54) is 32.1 Å². The van der Waals surface area contributed by atoms with Crippen LogP contribution in [-0.2, 0) is 4.79 Å². The van der Waals surface area contributed by atoms with Gasteiger partial charge in [0.2, 0.25) is 6.41 Å². The van der Waals surface area contributed by atoms with E-state index in [4.69, 9.17) is 22.9 Å². The van der Waals surface area contributed by atoms with Crippen LogP contribution in [0.5, 0.6) is 0 Å². The van der Waals surface area contributed by atoms with Gasteiger partial charge in [-0.05, 0) is 18.8 Å². The van der Waals surface area contributed by atoms with Crippen LogP contribution in [0.4, 0.5) is 0 Å². The molecule has 10 nitrogen and oxygen atoms in total. The molecule has 2 fully saturated rings. The molecule has 1 saturated carbocycles. The van der Waals surface area contributed by atoms with Gasteiger partial charge in [-0.1, -0.05) is 19.3 Å². The maximum Gasteiger partial charge on any atom is 0.207 e. The largest absolute Gasteiger partial charge is 0.370 e. The number of rotatable bonds is 9. The number of nitrogens with zero attached hydrogens (tertiary/aromatic N) is 4. The van der Waals surface area contributed by atoms with E-state index in [1.807, 2.05) is 0 Å². The predicted molar refractivity (Wildman–Crippen MR) is 115 cm³/mol. The second-order valence-electron chi connectivity index (χ2n) is 7.33. The summed E-state index contributed by atoms with van der Waals surface area (Å²) in [7, 11) is 0. The van der Waals surface area contributed by atoms with E-state index in [-0.39, 0.29) is 11.9 Å². The van der Waals surface area contributed by atoms with Crippen LogP contribution in [0.25, 0.3) is 0 Å². The highest BCUT2D eigenvalue weighted by atomic mass is 16.1. The van der Waals surface area contributed by atoms with E-state index < -0.39 is 0 Å². The number of carbonyl (C=O) groups is 1. The van der Waals surface area contributed by atoms with E-state index in [0.717, 1.165) is 58.1 Å². The molecule has 1 saturated heterocycles. The first-order valence-electron chi connectivity index (χ1n) is 10.2. The normalized spacial score (nSPS) is 18.4. The molecule has 0 aromatic heterocycles. The highest BCUT2D eigenvalue weighted by Gasteiger charge is 2.15. The summed E-state index contributed by atoms with van der Waals surface area (Å²) in [6.45, 7) is 8.14. The van der Waals surface area contributed by atoms with Gasteiger partial charge in [0.25, 0.3) is 0 Å². The molecule has 2 aliphatic rings. The van der Waals surface area contributed by atoms with Crippen LogP contribution in [-0.4, -0.2) is 87.0 Å². The zero-order valence-electron chi connectivity index (χ0n) is 17.1. The summed E-state index contributed by atoms with van der Waals surface area (Å²) in [6, 6.07) is 0. The van der Waals surface area contributed by atoms with Crippen molar-refractivity contribution in [1.29, 1.82) is 0 Å². The summed E-state index contributed by atoms with van der Waals surface area (Å²) in [5.41, 5.74) is 21.1. The molecule has 0 spiro atoms. The van der Waals surface area contributed by atoms with E-state index in [1.54, 1.807) is 0 Å². The van der Waals surface area contributed by atoms with Crippen molar-refractivity contribution in [3.05, 3.63) is 0 Å². The fourth-order valence-electron chi connectivity index (χ4n) is 3.48. The minimum atomic E-state index is 0.158. The van der Waals surface area contributed by atoms with Gasteiger partial charge in [-0.15, -0.1) is 0 Å². The molecular formula is C18H39N9O. The van der Waals surface area contributed by atoms with Crippen molar-refractivity contribution >= 4 is 18.3 Å². The van der Waals surface area contributed by atoms with E-state index >= 15 is 0 Å². The molecule has 0 atom stereocenters. The van der Waals surface area contributed by atoms with Crippen LogP contribution >= 0.6 is 0 Å². The van der Waals surface area contributed by atoms with Gasteiger partial charge in [0, 0.05) is 45.8 Å². The molecule has 1 heterocycles. The quantitative estimate of drug-likeness (QED) is 0.179. The number of nitrogens with two attached hydrogens (primary N) is 4. The number of hydrogen-bond acceptors (Lipinski definition) is 5. The minimum absolute atomic E-state index is 0.158. The first kappa shape index (κ1) is 24.0. The highest BCUT2D eigenvalue weighted by Crippen LogP contribution is 2.22. The highest BCUT2D eigenvalue weighted by molar-refractivity contribution is 5.75. The average molecular weight is 398 g/mol. The van der Waals surface area contributed by atoms with Gasteiger partial charge >= 0.3 is 0 Å². The number of amides is 1. The van der Waals surface area contributed by atoms with E-state index in [0.29, 0.717) is 13.1 Å². The molecule has 0 bridgehead atoms. The number of hydrogen-bond donors (Lipinski definition) is 5. The Labute approximate surface area is 168 Å². The molecule has 28 heavy (non-hydrogen) atoms. The fourth-order valence-corrected chi connectivity index (χ4v) is 3.48. The van der Waals surface area contributed by atoms with Gasteiger partial charge < -0.3 is 28.3 Å². The average Bonchev–Trinajstić information content (AvgIpc) is 2.68. The number of carbonyl (C=O) groups excluding carboxylic acids is 1. The molecule has 1 amide bonds. The molecule has 9 N–H and O–H groups in total. The van der Waals surface area contributed by atoms with Crippen molar-refractivity contribution in [3.8, 4) is 0 Å². The molecule has 162 valence electrons. The lowest BCUT2D eigenvalue weighted by Gasteiger charge is -2.34. The Hall–Kier alpha value is -2.07. The maximum atomic E-state index is 9.94. The van der Waals surface area contributed by atoms with Gasteiger partial charge in [0.05, 0.1) is 13.1 Å². The predicted octanol–water partition coefficient (Wildman–Crippen LogP) is -1.54. The number of aliphatic imine (C=N–C) groups is 2. The fraction of sp³-hybridized carbons (Fsp3) is 0.833. The van der Waals surface area contributed by atoms with E-state index in [9.17, 15) is 4.79 Å². The van der Waals surface area contributed by atoms with Gasteiger partial charge in [-0.2, -0.15) is 0 Å². The third kappa shape index (κ3) is 12.3. The molecule has 1 aliphatic carbocycles. The lowest BCUT2D eigenvalue weighted by atomic mass is 9.89. The van der Waals surface area contributed by atoms with Gasteiger partial charge in [-0.25, -0.2) is 0 Å². The topological polar surface area (TPSA) is 164 Å². The zero-order chi connectivity index (χ0) is 20.6. The van der Waals surface area contributed by atoms with Crippen molar-refractivity contribution in [2.75, 3.05) is 58.9 Å². The van der Waals surface area contributed by atoms with Crippen LogP contribution in [0.15, 0.2) is 9.98 Å². The van der Waals surface area contributed by atoms with Crippen molar-refractivity contribution in [2.45, 2.75) is 32.1 Å². The van der Waals surface area contributed by atoms with Crippen molar-refractivity contribution in [2.24, 2.45) is 38.8 Å². The van der Waals surface area contributed by atoms with Crippen molar-refractivity contribution in [1.82, 2.24) is 15.1 Å². The Kier molecular flexibility index (Phi) is 12.8. The van der Waals surface area contributed by atoms with Gasteiger partial charge in [0.1, 0.15) is 0 Å². The van der Waals surface area contributed by atoms with Gasteiger partial charge in [-0.3, -0.25) is 24.6 Å². The molecule has 1 aliphatic heterocycles. The van der Waals surface area contributed by atoms with Crippen LogP contribution in [0, 0.1) is 5.92 Å². The Morgan fingerprint density at radius 1 is 0.857 bits per heavy atom. The standard InChI is InChI=1S/C10H24N8.C8H15NO/c11-9(12)15-1-3-17-5-7-18(8-6-17)4-2-16-10(13)14;10-7-9-6-8-4-2-1-3-5-8/h1-8H2,(H4,11,12,15)(H4,13,14,16);7-8H,1-6H2,(H,9,10). The lowest BCUT2D eigenvalue weighted by Crippen LogP contribution is -2.47. The SMILES string of the molecule is NC(N)=NCCN1CCN(CCN=C(N)N)CC1.O=CNCC1CCCCC1. The molecule has 0 radical (unpaired) electrons. The Morgan fingerprint density at radius 2 is 1.32 bits per heavy atom. The van der Waals surface area contributed by atoms with Crippen LogP contribution in [0.1, 0.15) is 32.1 Å². The van der Waals surface area contributed by atoms with Crippen LogP contribution in [0.3, 0.4) is 0 Å².